The molecule has 0 saturated carbocycles. The van der Waals surface area contributed by atoms with Crippen LogP contribution in [0.15, 0.2) is 91.0 Å². The summed E-state index contributed by atoms with van der Waals surface area (Å²) in [7, 11) is -0.474. The summed E-state index contributed by atoms with van der Waals surface area (Å²) in [6.45, 7) is 12.0. The molecule has 1 fully saturated rings. The maximum absolute atomic E-state index is 5.60. The molecule has 3 aromatic rings. The zero-order valence-electron chi connectivity index (χ0n) is 19.6. The van der Waals surface area contributed by atoms with Crippen molar-refractivity contribution < 1.29 is 4.74 Å². The Labute approximate surface area is 186 Å². The summed E-state index contributed by atoms with van der Waals surface area (Å²) in [6, 6.07) is 30.8. The molecule has 1 saturated heterocycles. The van der Waals surface area contributed by atoms with Crippen LogP contribution in [0.2, 0.25) is 13.1 Å². The molecule has 1 unspecified atom stereocenters. The van der Waals surface area contributed by atoms with Gasteiger partial charge in [-0.1, -0.05) is 121 Å². The van der Waals surface area contributed by atoms with E-state index < -0.39 is 8.80 Å². The molecular formula is C28H40OSi. The maximum Gasteiger partial charge on any atom is 0.0656 e. The van der Waals surface area contributed by atoms with Crippen molar-refractivity contribution in [2.75, 3.05) is 6.61 Å². The Balaban J connectivity index is 0.000000201. The fourth-order valence-corrected chi connectivity index (χ4v) is 4.32. The van der Waals surface area contributed by atoms with E-state index >= 15 is 0 Å². The number of benzene rings is 3. The van der Waals surface area contributed by atoms with Gasteiger partial charge in [-0.2, -0.15) is 0 Å². The van der Waals surface area contributed by atoms with Gasteiger partial charge in [0.25, 0.3) is 0 Å². The molecule has 162 valence electrons. The van der Waals surface area contributed by atoms with Crippen LogP contribution in [-0.2, 0) is 4.74 Å². The second-order valence-electron chi connectivity index (χ2n) is 8.11. The number of aryl methyl sites for hydroxylation is 3. The first-order chi connectivity index (χ1) is 14.5. The molecular weight excluding hydrogens is 380 g/mol. The average molecular weight is 421 g/mol. The normalized spacial score (nSPS) is 14.8. The highest BCUT2D eigenvalue weighted by Gasteiger charge is 2.17. The summed E-state index contributed by atoms with van der Waals surface area (Å²) in [4.78, 5) is 0. The van der Waals surface area contributed by atoms with Crippen LogP contribution in [0.4, 0.5) is 0 Å². The zero-order chi connectivity index (χ0) is 22.0. The van der Waals surface area contributed by atoms with Crippen LogP contribution in [0.3, 0.4) is 0 Å². The van der Waals surface area contributed by atoms with E-state index in [1.807, 2.05) is 54.6 Å². The molecule has 1 aliphatic rings. The van der Waals surface area contributed by atoms with Crippen molar-refractivity contribution >= 4 is 8.80 Å². The predicted molar refractivity (Wildman–Crippen MR) is 136 cm³/mol. The summed E-state index contributed by atoms with van der Waals surface area (Å²) < 4.78 is 5.60. The van der Waals surface area contributed by atoms with Crippen molar-refractivity contribution in [1.29, 1.82) is 0 Å². The van der Waals surface area contributed by atoms with Crippen LogP contribution in [-0.4, -0.2) is 21.1 Å². The van der Waals surface area contributed by atoms with Crippen molar-refractivity contribution in [3.8, 4) is 0 Å². The molecule has 0 aromatic heterocycles. The topological polar surface area (TPSA) is 9.23 Å². The van der Waals surface area contributed by atoms with Crippen molar-refractivity contribution in [3.05, 3.63) is 108 Å². The highest BCUT2D eigenvalue weighted by molar-refractivity contribution is 6.57. The van der Waals surface area contributed by atoms with E-state index in [-0.39, 0.29) is 0 Å². The van der Waals surface area contributed by atoms with Gasteiger partial charge in [-0.25, -0.2) is 0 Å². The van der Waals surface area contributed by atoms with Crippen molar-refractivity contribution in [2.24, 2.45) is 0 Å². The first-order valence-electron chi connectivity index (χ1n) is 11.2. The lowest BCUT2D eigenvalue weighted by Gasteiger charge is -2.24. The monoisotopic (exact) mass is 420 g/mol. The van der Waals surface area contributed by atoms with Crippen LogP contribution < -0.4 is 0 Å². The molecule has 1 atom stereocenters. The van der Waals surface area contributed by atoms with Gasteiger partial charge in [0.1, 0.15) is 0 Å². The molecule has 0 amide bonds. The van der Waals surface area contributed by atoms with Crippen LogP contribution in [0.5, 0.6) is 0 Å². The predicted octanol–water partition coefficient (Wildman–Crippen LogP) is 7.57. The Kier molecular flexibility index (Phi) is 14.3. The van der Waals surface area contributed by atoms with Gasteiger partial charge in [0, 0.05) is 12.3 Å². The van der Waals surface area contributed by atoms with E-state index in [0.717, 1.165) is 6.61 Å². The van der Waals surface area contributed by atoms with Gasteiger partial charge in [0.2, 0.25) is 0 Å². The lowest BCUT2D eigenvalue weighted by atomic mass is 10.2. The molecule has 0 aliphatic carbocycles. The second-order valence-corrected chi connectivity index (χ2v) is 11.3. The number of hydrogen-bond acceptors (Lipinski definition) is 1. The highest BCUT2D eigenvalue weighted by Crippen LogP contribution is 2.14. The van der Waals surface area contributed by atoms with Crippen molar-refractivity contribution in [3.63, 3.8) is 0 Å². The second kappa shape index (κ2) is 16.6. The average Bonchev–Trinajstić information content (AvgIpc) is 2.77. The molecule has 0 bridgehead atoms. The molecule has 0 spiro atoms. The largest absolute Gasteiger partial charge is 0.382 e. The molecule has 1 aliphatic heterocycles. The van der Waals surface area contributed by atoms with Gasteiger partial charge < -0.3 is 4.74 Å². The zero-order valence-corrected chi connectivity index (χ0v) is 20.7. The quantitative estimate of drug-likeness (QED) is 0.369. The van der Waals surface area contributed by atoms with E-state index in [1.165, 1.54) is 36.0 Å². The minimum atomic E-state index is -0.474. The Bertz CT molecular complexity index is 646. The van der Waals surface area contributed by atoms with Gasteiger partial charge in [-0.3, -0.25) is 0 Å². The van der Waals surface area contributed by atoms with E-state index in [1.54, 1.807) is 0 Å². The standard InChI is InChI=1S/C7H16OSi.3C7H8/c1-9(2)7-5-3-4-6-8-7;3*1-7-5-3-2-4-6-7/h7,9H,3-6H2,1-2H3;3*2-6H,1H3. The Hall–Kier alpha value is -2.16. The first kappa shape index (κ1) is 25.9. The maximum atomic E-state index is 5.60. The third kappa shape index (κ3) is 13.9. The van der Waals surface area contributed by atoms with Crippen LogP contribution in [0.1, 0.15) is 36.0 Å². The fourth-order valence-electron chi connectivity index (χ4n) is 2.89. The summed E-state index contributed by atoms with van der Waals surface area (Å²) in [5.41, 5.74) is 4.66. The Morgan fingerprint density at radius 3 is 1.13 bits per heavy atom. The van der Waals surface area contributed by atoms with Crippen molar-refractivity contribution in [2.45, 2.75) is 58.9 Å². The summed E-state index contributed by atoms with van der Waals surface area (Å²) in [5, 5.41) is 0. The van der Waals surface area contributed by atoms with Gasteiger partial charge in [-0.15, -0.1) is 0 Å². The minimum absolute atomic E-state index is 0.474. The Morgan fingerprint density at radius 2 is 0.967 bits per heavy atom. The van der Waals surface area contributed by atoms with Crippen molar-refractivity contribution in [1.82, 2.24) is 0 Å². The van der Waals surface area contributed by atoms with E-state index in [0.29, 0.717) is 5.73 Å². The van der Waals surface area contributed by atoms with Gasteiger partial charge in [-0.05, 0) is 40.0 Å². The van der Waals surface area contributed by atoms with E-state index in [9.17, 15) is 0 Å². The van der Waals surface area contributed by atoms with Gasteiger partial charge in [0.05, 0.1) is 8.80 Å². The third-order valence-electron chi connectivity index (χ3n) is 4.78. The summed E-state index contributed by atoms with van der Waals surface area (Å²) >= 11 is 0. The highest BCUT2D eigenvalue weighted by atomic mass is 28.3. The first-order valence-corrected chi connectivity index (χ1v) is 14.1. The fraction of sp³-hybridized carbons (Fsp3) is 0.357. The summed E-state index contributed by atoms with van der Waals surface area (Å²) in [5.74, 6) is 0. The lowest BCUT2D eigenvalue weighted by Crippen LogP contribution is -2.31. The molecule has 30 heavy (non-hydrogen) atoms. The molecule has 2 heteroatoms. The summed E-state index contributed by atoms with van der Waals surface area (Å²) in [6.07, 6.45) is 4.03. The number of rotatable bonds is 1. The molecule has 0 N–H and O–H groups in total. The molecule has 1 heterocycles. The minimum Gasteiger partial charge on any atom is -0.382 e. The lowest BCUT2D eigenvalue weighted by molar-refractivity contribution is 0.0631. The van der Waals surface area contributed by atoms with Crippen LogP contribution >= 0.6 is 0 Å². The molecule has 0 radical (unpaired) electrons. The van der Waals surface area contributed by atoms with E-state index in [4.69, 9.17) is 4.74 Å². The van der Waals surface area contributed by atoms with E-state index in [2.05, 4.69) is 70.3 Å². The van der Waals surface area contributed by atoms with Gasteiger partial charge >= 0.3 is 0 Å². The van der Waals surface area contributed by atoms with Gasteiger partial charge in [0.15, 0.2) is 0 Å². The smallest absolute Gasteiger partial charge is 0.0656 e. The third-order valence-corrected chi connectivity index (χ3v) is 6.79. The van der Waals surface area contributed by atoms with Crippen LogP contribution in [0, 0.1) is 20.8 Å². The molecule has 1 nitrogen and oxygen atoms in total. The molecule has 3 aromatic carbocycles. The van der Waals surface area contributed by atoms with Crippen LogP contribution in [0.25, 0.3) is 0 Å². The SMILES string of the molecule is C[SiH](C)C1CCCCO1.Cc1ccccc1.Cc1ccccc1.Cc1ccccc1. The molecule has 4 rings (SSSR count). The number of hydrogen-bond donors (Lipinski definition) is 0. The number of ether oxygens (including phenoxy) is 1. The Morgan fingerprint density at radius 1 is 0.600 bits per heavy atom.